The molecular formula is C41H43Cl2N7O7. The van der Waals surface area contributed by atoms with Gasteiger partial charge in [0.15, 0.2) is 11.4 Å². The van der Waals surface area contributed by atoms with Gasteiger partial charge in [0.25, 0.3) is 0 Å². The third-order valence-electron chi connectivity index (χ3n) is 9.88. The predicted octanol–water partition coefficient (Wildman–Crippen LogP) is 6.98. The molecule has 2 N–H and O–H groups in total. The van der Waals surface area contributed by atoms with Gasteiger partial charge in [-0.1, -0.05) is 41.4 Å². The SMILES string of the molecule is COc1nc(-c2cccc(-c3ccnc(-c4cc(OC)c5nc(CN6CC(C(=O)O)C6)cn5c4)c3Cl)c2Cl)ccc1CN(C[C@@H]1CCC(=O)N1)C(=O)OC(C)(C)C. The van der Waals surface area contributed by atoms with Crippen molar-refractivity contribution in [2.24, 2.45) is 5.92 Å². The summed E-state index contributed by atoms with van der Waals surface area (Å²) in [4.78, 5) is 54.3. The summed E-state index contributed by atoms with van der Waals surface area (Å²) >= 11 is 14.3. The number of rotatable bonds is 12. The molecule has 57 heavy (non-hydrogen) atoms. The van der Waals surface area contributed by atoms with Crippen molar-refractivity contribution in [1.82, 2.24) is 34.5 Å². The predicted molar refractivity (Wildman–Crippen MR) is 214 cm³/mol. The summed E-state index contributed by atoms with van der Waals surface area (Å²) < 4.78 is 19.0. The number of likely N-dealkylation sites (tertiary alicyclic amines) is 1. The van der Waals surface area contributed by atoms with E-state index in [4.69, 9.17) is 47.4 Å². The summed E-state index contributed by atoms with van der Waals surface area (Å²) in [6, 6.07) is 12.7. The van der Waals surface area contributed by atoms with E-state index in [9.17, 15) is 19.5 Å². The quantitative estimate of drug-likeness (QED) is 0.134. The lowest BCUT2D eigenvalue weighted by Crippen LogP contribution is -2.49. The molecule has 0 bridgehead atoms. The van der Waals surface area contributed by atoms with Gasteiger partial charge in [-0.15, -0.1) is 0 Å². The number of carbonyl (C=O) groups excluding carboxylic acids is 2. The minimum absolute atomic E-state index is 0.0419. The van der Waals surface area contributed by atoms with Crippen LogP contribution in [0.3, 0.4) is 0 Å². The Morgan fingerprint density at radius 3 is 2.44 bits per heavy atom. The Morgan fingerprint density at radius 1 is 1.00 bits per heavy atom. The summed E-state index contributed by atoms with van der Waals surface area (Å²) in [5.74, 6) is -0.348. The lowest BCUT2D eigenvalue weighted by atomic mass is 10.00. The van der Waals surface area contributed by atoms with Gasteiger partial charge in [0.2, 0.25) is 11.8 Å². The van der Waals surface area contributed by atoms with Gasteiger partial charge in [0.1, 0.15) is 5.60 Å². The number of methoxy groups -OCH3 is 2. The van der Waals surface area contributed by atoms with Crippen LogP contribution in [-0.4, -0.2) is 97.7 Å². The lowest BCUT2D eigenvalue weighted by Gasteiger charge is -2.35. The molecule has 0 aliphatic carbocycles. The first-order valence-electron chi connectivity index (χ1n) is 18.5. The van der Waals surface area contributed by atoms with Crippen molar-refractivity contribution in [3.63, 3.8) is 0 Å². The molecule has 1 atom stereocenters. The first-order valence-corrected chi connectivity index (χ1v) is 19.2. The Morgan fingerprint density at radius 2 is 1.75 bits per heavy atom. The Bertz CT molecular complexity index is 2360. The topological polar surface area (TPSA) is 161 Å². The molecule has 16 heteroatoms. The first-order chi connectivity index (χ1) is 27.2. The van der Waals surface area contributed by atoms with Gasteiger partial charge >= 0.3 is 12.1 Å². The number of aliphatic carboxylic acids is 1. The molecule has 7 rings (SSSR count). The van der Waals surface area contributed by atoms with Gasteiger partial charge in [0, 0.05) is 85.0 Å². The molecule has 2 saturated heterocycles. The number of nitrogens with zero attached hydrogens (tertiary/aromatic N) is 6. The number of carbonyl (C=O) groups is 3. The number of fused-ring (bicyclic) bond motifs is 1. The van der Waals surface area contributed by atoms with Crippen LogP contribution >= 0.6 is 23.2 Å². The van der Waals surface area contributed by atoms with Crippen LogP contribution in [0.2, 0.25) is 10.0 Å². The second-order valence-electron chi connectivity index (χ2n) is 15.2. The summed E-state index contributed by atoms with van der Waals surface area (Å²) in [5.41, 5.74) is 5.02. The van der Waals surface area contributed by atoms with Crippen LogP contribution in [0.15, 0.2) is 61.1 Å². The van der Waals surface area contributed by atoms with Crippen molar-refractivity contribution < 1.29 is 33.7 Å². The first kappa shape index (κ1) is 39.8. The van der Waals surface area contributed by atoms with Crippen molar-refractivity contribution in [3.05, 3.63) is 82.4 Å². The molecular weight excluding hydrogens is 773 g/mol. The molecule has 0 spiro atoms. The van der Waals surface area contributed by atoms with E-state index in [1.807, 2.05) is 58.1 Å². The molecule has 2 aliphatic heterocycles. The Hall–Kier alpha value is -5.44. The fourth-order valence-corrected chi connectivity index (χ4v) is 7.73. The van der Waals surface area contributed by atoms with Gasteiger partial charge in [-0.2, -0.15) is 0 Å². The fraction of sp³-hybridized carbons (Fsp3) is 0.366. The maximum Gasteiger partial charge on any atom is 0.410 e. The number of imidazole rings is 1. The number of nitrogens with one attached hydrogen (secondary N) is 1. The number of ether oxygens (including phenoxy) is 3. The molecule has 2 aliphatic rings. The zero-order valence-electron chi connectivity index (χ0n) is 32.2. The zero-order valence-corrected chi connectivity index (χ0v) is 33.7. The van der Waals surface area contributed by atoms with Crippen LogP contribution in [0.5, 0.6) is 11.6 Å². The Balaban J connectivity index is 1.16. The van der Waals surface area contributed by atoms with Crippen molar-refractivity contribution in [1.29, 1.82) is 0 Å². The van der Waals surface area contributed by atoms with E-state index in [0.717, 1.165) is 5.69 Å². The van der Waals surface area contributed by atoms with E-state index in [-0.39, 0.29) is 31.0 Å². The lowest BCUT2D eigenvalue weighted by molar-refractivity contribution is -0.147. The van der Waals surface area contributed by atoms with E-state index in [2.05, 4.69) is 10.3 Å². The highest BCUT2D eigenvalue weighted by molar-refractivity contribution is 6.39. The molecule has 14 nitrogen and oxygen atoms in total. The smallest absolute Gasteiger partial charge is 0.410 e. The molecule has 298 valence electrons. The van der Waals surface area contributed by atoms with E-state index in [1.165, 1.54) is 7.11 Å². The number of amides is 2. The van der Waals surface area contributed by atoms with Crippen LogP contribution in [0, 0.1) is 5.92 Å². The van der Waals surface area contributed by atoms with Crippen molar-refractivity contribution >= 4 is 46.8 Å². The average molecular weight is 817 g/mol. The monoisotopic (exact) mass is 815 g/mol. The summed E-state index contributed by atoms with van der Waals surface area (Å²) in [7, 11) is 3.08. The number of halogens is 2. The molecule has 2 amide bonds. The van der Waals surface area contributed by atoms with Crippen LogP contribution in [0.25, 0.3) is 39.3 Å². The van der Waals surface area contributed by atoms with Gasteiger partial charge in [-0.3, -0.25) is 19.5 Å². The van der Waals surface area contributed by atoms with Crippen molar-refractivity contribution in [3.8, 4) is 45.3 Å². The maximum atomic E-state index is 13.3. The second kappa shape index (κ2) is 16.2. The molecule has 2 fully saturated rings. The number of carboxylic acids is 1. The average Bonchev–Trinajstić information content (AvgIpc) is 3.76. The number of hydrogen-bond acceptors (Lipinski definition) is 10. The highest BCUT2D eigenvalue weighted by Crippen LogP contribution is 2.42. The van der Waals surface area contributed by atoms with E-state index < -0.39 is 17.7 Å². The number of carboxylic acid groups (broad SMARTS) is 1. The molecule has 0 saturated carbocycles. The van der Waals surface area contributed by atoms with Crippen LogP contribution in [-0.2, 0) is 27.4 Å². The molecule has 6 heterocycles. The summed E-state index contributed by atoms with van der Waals surface area (Å²) in [5, 5.41) is 13.0. The number of benzene rings is 1. The molecule has 0 unspecified atom stereocenters. The molecule has 4 aromatic heterocycles. The highest BCUT2D eigenvalue weighted by atomic mass is 35.5. The van der Waals surface area contributed by atoms with Gasteiger partial charge in [0.05, 0.1) is 53.8 Å². The molecule has 5 aromatic rings. The third-order valence-corrected chi connectivity index (χ3v) is 10.7. The van der Waals surface area contributed by atoms with E-state index in [0.29, 0.717) is 99.0 Å². The Labute approximate surface area is 339 Å². The minimum atomic E-state index is -0.785. The number of pyridine rings is 3. The minimum Gasteiger partial charge on any atom is -0.493 e. The van der Waals surface area contributed by atoms with Crippen LogP contribution < -0.4 is 14.8 Å². The van der Waals surface area contributed by atoms with Gasteiger partial charge < -0.3 is 33.9 Å². The van der Waals surface area contributed by atoms with Crippen molar-refractivity contribution in [2.75, 3.05) is 33.9 Å². The Kier molecular flexibility index (Phi) is 11.3. The largest absolute Gasteiger partial charge is 0.493 e. The van der Waals surface area contributed by atoms with E-state index >= 15 is 0 Å². The van der Waals surface area contributed by atoms with Gasteiger partial charge in [-0.25, -0.2) is 14.8 Å². The highest BCUT2D eigenvalue weighted by Gasteiger charge is 2.33. The van der Waals surface area contributed by atoms with Crippen LogP contribution in [0.4, 0.5) is 4.79 Å². The number of aromatic nitrogens is 4. The van der Waals surface area contributed by atoms with Crippen LogP contribution in [0.1, 0.15) is 44.9 Å². The summed E-state index contributed by atoms with van der Waals surface area (Å²) in [6.07, 6.45) is 5.97. The zero-order chi connectivity index (χ0) is 40.6. The third kappa shape index (κ3) is 8.63. The second-order valence-corrected chi connectivity index (χ2v) is 16.0. The number of hydrogen-bond donors (Lipinski definition) is 2. The van der Waals surface area contributed by atoms with E-state index in [1.54, 1.807) is 45.0 Å². The molecule has 0 radical (unpaired) electrons. The van der Waals surface area contributed by atoms with Gasteiger partial charge in [-0.05, 0) is 51.5 Å². The standard InChI is InChI=1S/C41H43Cl2N7O7/c1-41(2,3)57-40(54)50(21-26-10-12-33(51)45-26)18-23-9-11-31(47-38(23)56-5)30-8-6-7-28(34(30)42)29-13-14-44-36(35(29)43)24-15-32(55-4)37-46-27(22-49(37)19-24)20-48-16-25(17-48)39(52)53/h6-9,11,13-15,19,22,25-26H,10,12,16-18,20-21H2,1-5H3,(H,45,51)(H,52,53)/t26-/m0/s1. The van der Waals surface area contributed by atoms with Crippen molar-refractivity contribution in [2.45, 2.75) is 58.3 Å². The fourth-order valence-electron chi connectivity index (χ4n) is 7.08. The maximum absolute atomic E-state index is 13.3. The molecule has 1 aromatic carbocycles. The summed E-state index contributed by atoms with van der Waals surface area (Å²) in [6.45, 7) is 7.31. The normalized spacial score (nSPS) is 16.0.